The predicted molar refractivity (Wildman–Crippen MR) is 88.5 cm³/mol. The largest absolute Gasteiger partial charge is 0.450 e. The third kappa shape index (κ3) is 3.73. The van der Waals surface area contributed by atoms with Crippen LogP contribution >= 0.6 is 11.3 Å². The molecule has 0 spiro atoms. The standard InChI is InChI=1S/C14H17N5O2S/c1-3-21-14(20)17-10-6-4-5-9(7-10)11-8-22-13(18-11)19(2)12(15)16/h4-8H,3H2,1-2H3,(H3,15,16)(H,17,20). The third-order valence-electron chi connectivity index (χ3n) is 2.82. The van der Waals surface area contributed by atoms with Gasteiger partial charge in [-0.25, -0.2) is 9.78 Å². The summed E-state index contributed by atoms with van der Waals surface area (Å²) >= 11 is 1.39. The molecule has 2 aromatic rings. The van der Waals surface area contributed by atoms with Crippen molar-refractivity contribution in [1.29, 1.82) is 5.41 Å². The minimum absolute atomic E-state index is 0.0707. The molecule has 0 unspecified atom stereocenters. The molecule has 4 N–H and O–H groups in total. The van der Waals surface area contributed by atoms with Crippen LogP contribution in [-0.4, -0.2) is 30.7 Å². The Morgan fingerprint density at radius 1 is 1.55 bits per heavy atom. The summed E-state index contributed by atoms with van der Waals surface area (Å²) in [6.07, 6.45) is -0.491. The van der Waals surface area contributed by atoms with Crippen LogP contribution in [0.2, 0.25) is 0 Å². The first kappa shape index (κ1) is 15.8. The van der Waals surface area contributed by atoms with E-state index >= 15 is 0 Å². The maximum atomic E-state index is 11.4. The molecule has 22 heavy (non-hydrogen) atoms. The van der Waals surface area contributed by atoms with E-state index in [2.05, 4.69) is 10.3 Å². The van der Waals surface area contributed by atoms with Crippen molar-refractivity contribution in [1.82, 2.24) is 4.98 Å². The molecular weight excluding hydrogens is 302 g/mol. The van der Waals surface area contributed by atoms with Gasteiger partial charge in [0.2, 0.25) is 0 Å². The summed E-state index contributed by atoms with van der Waals surface area (Å²) in [5.74, 6) is -0.0707. The Balaban J connectivity index is 2.19. The fraction of sp³-hybridized carbons (Fsp3) is 0.214. The first-order valence-electron chi connectivity index (χ1n) is 6.58. The van der Waals surface area contributed by atoms with Crippen LogP contribution in [0.3, 0.4) is 0 Å². The van der Waals surface area contributed by atoms with Crippen LogP contribution in [0.4, 0.5) is 15.6 Å². The second-order valence-corrected chi connectivity index (χ2v) is 5.22. The number of anilines is 2. The molecule has 0 bridgehead atoms. The lowest BCUT2D eigenvalue weighted by molar-refractivity contribution is 0.168. The van der Waals surface area contributed by atoms with Gasteiger partial charge in [0.25, 0.3) is 0 Å². The molecule has 1 aromatic heterocycles. The van der Waals surface area contributed by atoms with Gasteiger partial charge in [0.1, 0.15) is 0 Å². The number of ether oxygens (including phenoxy) is 1. The van der Waals surface area contributed by atoms with Crippen LogP contribution in [0.25, 0.3) is 11.3 Å². The van der Waals surface area contributed by atoms with Gasteiger partial charge in [0, 0.05) is 23.7 Å². The number of benzene rings is 1. The predicted octanol–water partition coefficient (Wildman–Crippen LogP) is 2.71. The van der Waals surface area contributed by atoms with Gasteiger partial charge in [-0.2, -0.15) is 0 Å². The molecule has 0 saturated heterocycles. The number of rotatable bonds is 4. The zero-order valence-electron chi connectivity index (χ0n) is 12.3. The second-order valence-electron chi connectivity index (χ2n) is 4.39. The fourth-order valence-corrected chi connectivity index (χ4v) is 2.51. The van der Waals surface area contributed by atoms with Crippen molar-refractivity contribution >= 4 is 34.2 Å². The number of amides is 1. The molecule has 1 amide bonds. The summed E-state index contributed by atoms with van der Waals surface area (Å²) in [4.78, 5) is 17.4. The zero-order chi connectivity index (χ0) is 16.1. The highest BCUT2D eigenvalue weighted by atomic mass is 32.1. The number of nitrogens with two attached hydrogens (primary N) is 1. The maximum absolute atomic E-state index is 11.4. The topological polar surface area (TPSA) is 104 Å². The Hall–Kier alpha value is -2.61. The Labute approximate surface area is 132 Å². The van der Waals surface area contributed by atoms with E-state index in [4.69, 9.17) is 15.9 Å². The van der Waals surface area contributed by atoms with Crippen molar-refractivity contribution in [2.24, 2.45) is 5.73 Å². The SMILES string of the molecule is CCOC(=O)Nc1cccc(-c2csc(N(C)C(=N)N)n2)c1. The van der Waals surface area contributed by atoms with Crippen molar-refractivity contribution in [3.8, 4) is 11.3 Å². The lowest BCUT2D eigenvalue weighted by Crippen LogP contribution is -2.32. The lowest BCUT2D eigenvalue weighted by Gasteiger charge is -2.11. The Kier molecular flexibility index (Phi) is 4.95. The van der Waals surface area contributed by atoms with Gasteiger partial charge < -0.3 is 10.5 Å². The first-order chi connectivity index (χ1) is 10.5. The van der Waals surface area contributed by atoms with Gasteiger partial charge in [-0.1, -0.05) is 12.1 Å². The first-order valence-corrected chi connectivity index (χ1v) is 7.46. The van der Waals surface area contributed by atoms with Gasteiger partial charge in [-0.15, -0.1) is 11.3 Å². The smallest absolute Gasteiger partial charge is 0.411 e. The lowest BCUT2D eigenvalue weighted by atomic mass is 10.1. The molecule has 0 aliphatic carbocycles. The van der Waals surface area contributed by atoms with Crippen LogP contribution in [0.1, 0.15) is 6.92 Å². The normalized spacial score (nSPS) is 10.1. The summed E-state index contributed by atoms with van der Waals surface area (Å²) in [6, 6.07) is 7.30. The number of hydrogen-bond donors (Lipinski definition) is 3. The number of carbonyl (C=O) groups is 1. The van der Waals surface area contributed by atoms with Gasteiger partial charge in [-0.3, -0.25) is 15.6 Å². The number of nitrogens with one attached hydrogen (secondary N) is 2. The zero-order valence-corrected chi connectivity index (χ0v) is 13.1. The Morgan fingerprint density at radius 2 is 2.32 bits per heavy atom. The highest BCUT2D eigenvalue weighted by Crippen LogP contribution is 2.28. The van der Waals surface area contributed by atoms with Gasteiger partial charge in [-0.05, 0) is 19.1 Å². The van der Waals surface area contributed by atoms with E-state index in [1.165, 1.54) is 16.2 Å². The van der Waals surface area contributed by atoms with Crippen molar-refractivity contribution in [3.05, 3.63) is 29.6 Å². The minimum Gasteiger partial charge on any atom is -0.450 e. The monoisotopic (exact) mass is 319 g/mol. The number of aromatic nitrogens is 1. The summed E-state index contributed by atoms with van der Waals surface area (Å²) in [5.41, 5.74) is 7.67. The van der Waals surface area contributed by atoms with Crippen LogP contribution in [0.5, 0.6) is 0 Å². The minimum atomic E-state index is -0.491. The summed E-state index contributed by atoms with van der Waals surface area (Å²) in [7, 11) is 1.68. The van der Waals surface area contributed by atoms with Crippen molar-refractivity contribution in [3.63, 3.8) is 0 Å². The number of nitrogens with zero attached hydrogens (tertiary/aromatic N) is 2. The van der Waals surface area contributed by atoms with E-state index in [9.17, 15) is 4.79 Å². The number of carbonyl (C=O) groups excluding carboxylic acids is 1. The fourth-order valence-electron chi connectivity index (χ4n) is 1.70. The van der Waals surface area contributed by atoms with Crippen molar-refractivity contribution < 1.29 is 9.53 Å². The Morgan fingerprint density at radius 3 is 3.00 bits per heavy atom. The van der Waals surface area contributed by atoms with E-state index in [-0.39, 0.29) is 5.96 Å². The van der Waals surface area contributed by atoms with Crippen LogP contribution in [0, 0.1) is 5.41 Å². The highest BCUT2D eigenvalue weighted by molar-refractivity contribution is 7.14. The molecule has 7 nitrogen and oxygen atoms in total. The quantitative estimate of drug-likeness (QED) is 0.593. The van der Waals surface area contributed by atoms with Gasteiger partial charge >= 0.3 is 6.09 Å². The van der Waals surface area contributed by atoms with Gasteiger partial charge in [0.05, 0.1) is 12.3 Å². The molecule has 0 fully saturated rings. The van der Waals surface area contributed by atoms with Crippen LogP contribution in [0.15, 0.2) is 29.6 Å². The molecular formula is C14H17N5O2S. The summed E-state index contributed by atoms with van der Waals surface area (Å²) in [5, 5.41) is 12.6. The van der Waals surface area contributed by atoms with E-state index in [1.54, 1.807) is 20.0 Å². The number of hydrogen-bond acceptors (Lipinski definition) is 5. The number of thiazole rings is 1. The molecule has 0 radical (unpaired) electrons. The summed E-state index contributed by atoms with van der Waals surface area (Å²) < 4.78 is 4.85. The van der Waals surface area contributed by atoms with E-state index in [1.807, 2.05) is 23.6 Å². The third-order valence-corrected chi connectivity index (χ3v) is 3.74. The maximum Gasteiger partial charge on any atom is 0.411 e. The van der Waals surface area contributed by atoms with E-state index in [0.717, 1.165) is 11.3 Å². The van der Waals surface area contributed by atoms with E-state index < -0.39 is 6.09 Å². The molecule has 0 aliphatic heterocycles. The number of guanidine groups is 1. The van der Waals surface area contributed by atoms with Gasteiger partial charge in [0.15, 0.2) is 11.1 Å². The van der Waals surface area contributed by atoms with Crippen LogP contribution in [-0.2, 0) is 4.74 Å². The van der Waals surface area contributed by atoms with Crippen LogP contribution < -0.4 is 16.0 Å². The molecule has 2 rings (SSSR count). The van der Waals surface area contributed by atoms with Crippen molar-refractivity contribution in [2.75, 3.05) is 23.9 Å². The molecule has 1 aromatic carbocycles. The molecule has 1 heterocycles. The second kappa shape index (κ2) is 6.90. The van der Waals surface area contributed by atoms with Crippen molar-refractivity contribution in [2.45, 2.75) is 6.92 Å². The van der Waals surface area contributed by atoms with E-state index in [0.29, 0.717) is 17.4 Å². The Bertz CT molecular complexity index is 685. The average Bonchev–Trinajstić information content (AvgIpc) is 2.96. The highest BCUT2D eigenvalue weighted by Gasteiger charge is 2.11. The molecule has 116 valence electrons. The summed E-state index contributed by atoms with van der Waals surface area (Å²) in [6.45, 7) is 2.07. The molecule has 0 saturated carbocycles. The molecule has 8 heteroatoms. The average molecular weight is 319 g/mol. The molecule has 0 atom stereocenters. The molecule has 0 aliphatic rings.